The van der Waals surface area contributed by atoms with Gasteiger partial charge in [-0.1, -0.05) is 29.8 Å². The Morgan fingerprint density at radius 2 is 1.80 bits per heavy atom. The van der Waals surface area contributed by atoms with Crippen molar-refractivity contribution >= 4 is 5.91 Å². The number of hydrogen-bond acceptors (Lipinski definition) is 2. The molecule has 1 aromatic heterocycles. The lowest BCUT2D eigenvalue weighted by atomic mass is 9.97. The SMILES string of the molecule is Cc1ccc([C@H]2C[C@H](n3ccc4c3CCCC4)N3C(=O)CCN23)cc1. The summed E-state index contributed by atoms with van der Waals surface area (Å²) < 4.78 is 2.40. The van der Waals surface area contributed by atoms with Crippen molar-refractivity contribution in [3.8, 4) is 0 Å². The van der Waals surface area contributed by atoms with E-state index in [-0.39, 0.29) is 12.1 Å². The third kappa shape index (κ3) is 2.35. The highest BCUT2D eigenvalue weighted by molar-refractivity contribution is 5.78. The monoisotopic (exact) mass is 335 g/mol. The van der Waals surface area contributed by atoms with Crippen molar-refractivity contribution in [2.75, 3.05) is 6.54 Å². The molecule has 2 aromatic rings. The van der Waals surface area contributed by atoms with E-state index in [1.807, 2.05) is 0 Å². The van der Waals surface area contributed by atoms with Gasteiger partial charge in [0.1, 0.15) is 6.17 Å². The van der Waals surface area contributed by atoms with Gasteiger partial charge in [0.15, 0.2) is 0 Å². The van der Waals surface area contributed by atoms with Crippen LogP contribution < -0.4 is 0 Å². The highest BCUT2D eigenvalue weighted by Gasteiger charge is 2.47. The van der Waals surface area contributed by atoms with Crippen LogP contribution in [0.3, 0.4) is 0 Å². The first kappa shape index (κ1) is 15.2. The highest BCUT2D eigenvalue weighted by atomic mass is 16.2. The number of amides is 1. The fourth-order valence-electron chi connectivity index (χ4n) is 4.90. The normalized spacial score (nSPS) is 26.1. The van der Waals surface area contributed by atoms with Crippen LogP contribution >= 0.6 is 0 Å². The first-order valence-electron chi connectivity index (χ1n) is 9.56. The molecule has 2 atom stereocenters. The number of hydrazine groups is 1. The van der Waals surface area contributed by atoms with Crippen LogP contribution in [0.15, 0.2) is 36.5 Å². The summed E-state index contributed by atoms with van der Waals surface area (Å²) in [5, 5.41) is 4.37. The molecule has 0 N–H and O–H groups in total. The van der Waals surface area contributed by atoms with Crippen molar-refractivity contribution < 1.29 is 4.79 Å². The summed E-state index contributed by atoms with van der Waals surface area (Å²) in [6, 6.07) is 11.4. The number of aryl methyl sites for hydroxylation is 2. The van der Waals surface area contributed by atoms with Crippen LogP contribution in [-0.2, 0) is 17.6 Å². The molecule has 1 amide bonds. The summed E-state index contributed by atoms with van der Waals surface area (Å²) in [6.45, 7) is 2.97. The molecule has 4 nitrogen and oxygen atoms in total. The Labute approximate surface area is 149 Å². The molecule has 2 fully saturated rings. The summed E-state index contributed by atoms with van der Waals surface area (Å²) in [6.07, 6.45) is 8.89. The molecule has 0 bridgehead atoms. The average Bonchev–Trinajstić information content (AvgIpc) is 3.31. The minimum atomic E-state index is 0.142. The van der Waals surface area contributed by atoms with Crippen molar-refractivity contribution in [1.82, 2.24) is 14.6 Å². The van der Waals surface area contributed by atoms with Gasteiger partial charge in [0.2, 0.25) is 5.91 Å². The van der Waals surface area contributed by atoms with Crippen molar-refractivity contribution in [2.24, 2.45) is 0 Å². The third-order valence-electron chi connectivity index (χ3n) is 6.17. The van der Waals surface area contributed by atoms with Crippen molar-refractivity contribution in [1.29, 1.82) is 0 Å². The van der Waals surface area contributed by atoms with E-state index in [1.54, 1.807) is 0 Å². The van der Waals surface area contributed by atoms with Gasteiger partial charge in [-0.3, -0.25) is 9.80 Å². The molecule has 3 heterocycles. The molecule has 0 unspecified atom stereocenters. The van der Waals surface area contributed by atoms with Gasteiger partial charge in [0.05, 0.1) is 6.04 Å². The largest absolute Gasteiger partial charge is 0.329 e. The van der Waals surface area contributed by atoms with E-state index in [0.29, 0.717) is 12.5 Å². The van der Waals surface area contributed by atoms with Crippen LogP contribution in [0, 0.1) is 6.92 Å². The van der Waals surface area contributed by atoms with E-state index in [4.69, 9.17) is 0 Å². The Hall–Kier alpha value is -2.07. The van der Waals surface area contributed by atoms with Crippen LogP contribution in [0.1, 0.15) is 60.3 Å². The van der Waals surface area contributed by atoms with Gasteiger partial charge in [0, 0.05) is 31.3 Å². The maximum Gasteiger partial charge on any atom is 0.240 e. The predicted octanol–water partition coefficient (Wildman–Crippen LogP) is 3.77. The summed E-state index contributed by atoms with van der Waals surface area (Å²) in [4.78, 5) is 12.6. The molecule has 25 heavy (non-hydrogen) atoms. The van der Waals surface area contributed by atoms with Gasteiger partial charge >= 0.3 is 0 Å². The molecule has 0 spiro atoms. The van der Waals surface area contributed by atoms with Crippen molar-refractivity contribution in [2.45, 2.75) is 57.7 Å². The van der Waals surface area contributed by atoms with Crippen molar-refractivity contribution in [3.05, 3.63) is 58.9 Å². The van der Waals surface area contributed by atoms with E-state index < -0.39 is 0 Å². The number of nitrogens with zero attached hydrogens (tertiary/aromatic N) is 3. The van der Waals surface area contributed by atoms with E-state index in [2.05, 4.69) is 58.0 Å². The molecule has 0 saturated carbocycles. The first-order chi connectivity index (χ1) is 12.2. The summed E-state index contributed by atoms with van der Waals surface area (Å²) in [5.74, 6) is 0.276. The zero-order valence-corrected chi connectivity index (χ0v) is 14.8. The zero-order chi connectivity index (χ0) is 17.0. The number of benzene rings is 1. The second-order valence-corrected chi connectivity index (χ2v) is 7.70. The Morgan fingerprint density at radius 3 is 2.64 bits per heavy atom. The molecule has 0 radical (unpaired) electrons. The highest BCUT2D eigenvalue weighted by Crippen LogP contribution is 2.45. The first-order valence-corrected chi connectivity index (χ1v) is 9.56. The molecule has 4 heteroatoms. The molecule has 3 aliphatic rings. The van der Waals surface area contributed by atoms with Gasteiger partial charge in [-0.15, -0.1) is 0 Å². The number of hydrogen-bond donors (Lipinski definition) is 0. The molecular weight excluding hydrogens is 310 g/mol. The van der Waals surface area contributed by atoms with Crippen molar-refractivity contribution in [3.63, 3.8) is 0 Å². The molecule has 5 rings (SSSR count). The Balaban J connectivity index is 1.53. The third-order valence-corrected chi connectivity index (χ3v) is 6.17. The topological polar surface area (TPSA) is 28.5 Å². The zero-order valence-electron chi connectivity index (χ0n) is 14.8. The lowest BCUT2D eigenvalue weighted by Crippen LogP contribution is -2.37. The maximum absolute atomic E-state index is 12.6. The number of aromatic nitrogens is 1. The van der Waals surface area contributed by atoms with Gasteiger partial charge in [-0.25, -0.2) is 5.01 Å². The number of carbonyl (C=O) groups is 1. The summed E-state index contributed by atoms with van der Waals surface area (Å²) in [7, 11) is 0. The number of rotatable bonds is 2. The van der Waals surface area contributed by atoms with Gasteiger partial charge in [-0.2, -0.15) is 0 Å². The molecule has 2 aliphatic heterocycles. The fraction of sp³-hybridized carbons (Fsp3) is 0.476. The average molecular weight is 335 g/mol. The molecule has 1 aromatic carbocycles. The predicted molar refractivity (Wildman–Crippen MR) is 96.8 cm³/mol. The minimum absolute atomic E-state index is 0.142. The van der Waals surface area contributed by atoms with Crippen LogP contribution in [0.25, 0.3) is 0 Å². The van der Waals surface area contributed by atoms with Gasteiger partial charge < -0.3 is 4.57 Å². The molecule has 130 valence electrons. The molecule has 1 aliphatic carbocycles. The Bertz CT molecular complexity index is 807. The van der Waals surface area contributed by atoms with Crippen LogP contribution in [0.2, 0.25) is 0 Å². The number of fused-ring (bicyclic) bond motifs is 2. The molecular formula is C21H25N3O. The second-order valence-electron chi connectivity index (χ2n) is 7.70. The van der Waals surface area contributed by atoms with Gasteiger partial charge in [-0.05, 0) is 49.8 Å². The lowest BCUT2D eigenvalue weighted by Gasteiger charge is -2.29. The Morgan fingerprint density at radius 1 is 1.00 bits per heavy atom. The Kier molecular flexibility index (Phi) is 3.49. The lowest BCUT2D eigenvalue weighted by molar-refractivity contribution is -0.141. The van der Waals surface area contributed by atoms with Crippen LogP contribution in [0.5, 0.6) is 0 Å². The van der Waals surface area contributed by atoms with E-state index in [9.17, 15) is 4.79 Å². The quantitative estimate of drug-likeness (QED) is 0.836. The number of carbonyl (C=O) groups excluding carboxylic acids is 1. The summed E-state index contributed by atoms with van der Waals surface area (Å²) >= 11 is 0. The smallest absolute Gasteiger partial charge is 0.240 e. The fourth-order valence-corrected chi connectivity index (χ4v) is 4.90. The summed E-state index contributed by atoms with van der Waals surface area (Å²) in [5.41, 5.74) is 5.56. The van der Waals surface area contributed by atoms with Crippen LogP contribution in [0.4, 0.5) is 0 Å². The van der Waals surface area contributed by atoms with E-state index in [1.165, 1.54) is 41.6 Å². The van der Waals surface area contributed by atoms with Gasteiger partial charge in [0.25, 0.3) is 0 Å². The molecule has 2 saturated heterocycles. The van der Waals surface area contributed by atoms with Crippen LogP contribution in [-0.4, -0.2) is 27.0 Å². The second kappa shape index (κ2) is 5.73. The van der Waals surface area contributed by atoms with E-state index in [0.717, 1.165) is 19.4 Å². The standard InChI is InChI=1S/C21H25N3O/c1-15-6-8-17(9-7-15)19-14-20(24-21(25)11-13-23(19)24)22-12-10-16-4-2-3-5-18(16)22/h6-10,12,19-20H,2-5,11,13-14H2,1H3/t19-,20-/m1/s1. The minimum Gasteiger partial charge on any atom is -0.329 e. The maximum atomic E-state index is 12.6. The van der Waals surface area contributed by atoms with E-state index >= 15 is 0 Å².